The maximum Gasteiger partial charge on any atom is 0.242 e. The molecule has 0 aliphatic rings. The quantitative estimate of drug-likeness (QED) is 0.809. The summed E-state index contributed by atoms with van der Waals surface area (Å²) < 4.78 is 13.1. The van der Waals surface area contributed by atoms with Crippen LogP contribution in [0.15, 0.2) is 48.5 Å². The van der Waals surface area contributed by atoms with Crippen molar-refractivity contribution in [3.05, 3.63) is 71.0 Å². The van der Waals surface area contributed by atoms with E-state index in [0.29, 0.717) is 12.1 Å². The number of nitrogens with zero attached hydrogens (tertiary/aromatic N) is 1. The van der Waals surface area contributed by atoms with Crippen LogP contribution in [0.1, 0.15) is 37.5 Å². The van der Waals surface area contributed by atoms with Gasteiger partial charge in [0.25, 0.3) is 0 Å². The second kappa shape index (κ2) is 9.31. The second-order valence-electron chi connectivity index (χ2n) is 7.09. The van der Waals surface area contributed by atoms with Crippen molar-refractivity contribution in [3.8, 4) is 0 Å². The Morgan fingerprint density at radius 1 is 1.04 bits per heavy atom. The van der Waals surface area contributed by atoms with E-state index < -0.39 is 6.04 Å². The molecule has 0 saturated carbocycles. The van der Waals surface area contributed by atoms with Crippen molar-refractivity contribution in [2.75, 3.05) is 0 Å². The van der Waals surface area contributed by atoms with Gasteiger partial charge >= 0.3 is 0 Å². The zero-order valence-electron chi connectivity index (χ0n) is 16.3. The molecule has 27 heavy (non-hydrogen) atoms. The molecule has 0 bridgehead atoms. The summed E-state index contributed by atoms with van der Waals surface area (Å²) in [7, 11) is 0. The molecule has 1 N–H and O–H groups in total. The number of hydrogen-bond acceptors (Lipinski definition) is 2. The molecule has 0 aliphatic carbocycles. The highest BCUT2D eigenvalue weighted by Gasteiger charge is 2.26. The van der Waals surface area contributed by atoms with Crippen LogP contribution in [0.25, 0.3) is 0 Å². The van der Waals surface area contributed by atoms with E-state index in [2.05, 4.69) is 5.32 Å². The third-order valence-corrected chi connectivity index (χ3v) is 4.47. The summed E-state index contributed by atoms with van der Waals surface area (Å²) in [5.74, 6) is -0.699. The molecule has 2 amide bonds. The summed E-state index contributed by atoms with van der Waals surface area (Å²) in [6.45, 7) is 7.84. The normalized spacial score (nSPS) is 11.9. The van der Waals surface area contributed by atoms with Crippen molar-refractivity contribution in [2.24, 2.45) is 0 Å². The van der Waals surface area contributed by atoms with Crippen LogP contribution in [-0.2, 0) is 22.6 Å². The lowest BCUT2D eigenvalue weighted by atomic mass is 10.1. The lowest BCUT2D eigenvalue weighted by Gasteiger charge is -2.30. The molecule has 144 valence electrons. The molecule has 1 atom stereocenters. The summed E-state index contributed by atoms with van der Waals surface area (Å²) >= 11 is 0. The molecule has 0 saturated heterocycles. The molecule has 0 aliphatic heterocycles. The molecule has 2 aromatic rings. The summed E-state index contributed by atoms with van der Waals surface area (Å²) in [4.78, 5) is 27.1. The van der Waals surface area contributed by atoms with Crippen molar-refractivity contribution in [1.29, 1.82) is 0 Å². The van der Waals surface area contributed by atoms with E-state index in [1.807, 2.05) is 45.0 Å². The molecule has 2 aromatic carbocycles. The second-order valence-corrected chi connectivity index (χ2v) is 7.09. The van der Waals surface area contributed by atoms with Crippen molar-refractivity contribution < 1.29 is 14.0 Å². The first-order chi connectivity index (χ1) is 12.8. The van der Waals surface area contributed by atoms with Crippen LogP contribution >= 0.6 is 0 Å². The number of aryl methyl sites for hydroxylation is 1. The Bertz CT molecular complexity index is 787. The average Bonchev–Trinajstić information content (AvgIpc) is 2.61. The van der Waals surface area contributed by atoms with Crippen molar-refractivity contribution in [1.82, 2.24) is 10.2 Å². The van der Waals surface area contributed by atoms with Gasteiger partial charge in [-0.1, -0.05) is 36.4 Å². The van der Waals surface area contributed by atoms with Gasteiger partial charge in [-0.15, -0.1) is 0 Å². The topological polar surface area (TPSA) is 49.4 Å². The molecule has 0 fully saturated rings. The van der Waals surface area contributed by atoms with E-state index in [1.54, 1.807) is 24.0 Å². The summed E-state index contributed by atoms with van der Waals surface area (Å²) in [6, 6.07) is 13.1. The first-order valence-corrected chi connectivity index (χ1v) is 9.16. The Labute approximate surface area is 160 Å². The van der Waals surface area contributed by atoms with Gasteiger partial charge in [0.2, 0.25) is 11.8 Å². The highest BCUT2D eigenvalue weighted by molar-refractivity contribution is 5.88. The van der Waals surface area contributed by atoms with Crippen LogP contribution in [0.3, 0.4) is 0 Å². The van der Waals surface area contributed by atoms with Gasteiger partial charge in [0, 0.05) is 12.6 Å². The van der Waals surface area contributed by atoms with Gasteiger partial charge in [0.1, 0.15) is 11.9 Å². The Morgan fingerprint density at radius 2 is 1.67 bits per heavy atom. The van der Waals surface area contributed by atoms with Gasteiger partial charge in [-0.25, -0.2) is 4.39 Å². The van der Waals surface area contributed by atoms with Crippen LogP contribution in [-0.4, -0.2) is 28.8 Å². The fraction of sp³-hybridized carbons (Fsp3) is 0.364. The van der Waals surface area contributed by atoms with E-state index in [9.17, 15) is 14.0 Å². The van der Waals surface area contributed by atoms with E-state index in [4.69, 9.17) is 0 Å². The number of halogens is 1. The van der Waals surface area contributed by atoms with Crippen molar-refractivity contribution >= 4 is 11.8 Å². The Kier molecular flexibility index (Phi) is 7.11. The molecule has 0 aromatic heterocycles. The molecular weight excluding hydrogens is 343 g/mol. The number of nitrogens with one attached hydrogen (secondary N) is 1. The van der Waals surface area contributed by atoms with E-state index >= 15 is 0 Å². The molecule has 5 heteroatoms. The minimum atomic E-state index is -0.611. The Morgan fingerprint density at radius 3 is 2.26 bits per heavy atom. The lowest BCUT2D eigenvalue weighted by Crippen LogP contribution is -2.49. The Hall–Kier alpha value is -2.69. The zero-order chi connectivity index (χ0) is 20.0. The summed E-state index contributed by atoms with van der Waals surface area (Å²) in [6.07, 6.45) is 0.117. The third-order valence-electron chi connectivity index (χ3n) is 4.47. The minimum absolute atomic E-state index is 0.00698. The van der Waals surface area contributed by atoms with E-state index in [0.717, 1.165) is 11.1 Å². The standard InChI is InChI=1S/C22H27FN2O2/c1-15(2)24-22(27)17(4)25(14-19-8-6-5-7-16(19)3)21(26)13-18-9-11-20(23)12-10-18/h5-12,15,17H,13-14H2,1-4H3,(H,24,27)/t17-/m1/s1. The summed E-state index contributed by atoms with van der Waals surface area (Å²) in [5, 5.41) is 2.87. The van der Waals surface area contributed by atoms with Crippen LogP contribution in [0.4, 0.5) is 4.39 Å². The fourth-order valence-electron chi connectivity index (χ4n) is 2.84. The number of benzene rings is 2. The van der Waals surface area contributed by atoms with Crippen LogP contribution in [0, 0.1) is 12.7 Å². The first kappa shape index (κ1) is 20.6. The SMILES string of the molecule is Cc1ccccc1CN(C(=O)Cc1ccc(F)cc1)[C@H](C)C(=O)NC(C)C. The number of amides is 2. The van der Waals surface area contributed by atoms with Crippen LogP contribution in [0.5, 0.6) is 0 Å². The highest BCUT2D eigenvalue weighted by Crippen LogP contribution is 2.15. The molecule has 2 rings (SSSR count). The highest BCUT2D eigenvalue weighted by atomic mass is 19.1. The number of carbonyl (C=O) groups is 2. The molecule has 0 heterocycles. The number of hydrogen-bond donors (Lipinski definition) is 1. The average molecular weight is 370 g/mol. The molecule has 4 nitrogen and oxygen atoms in total. The lowest BCUT2D eigenvalue weighted by molar-refractivity contribution is -0.140. The smallest absolute Gasteiger partial charge is 0.242 e. The van der Waals surface area contributed by atoms with E-state index in [-0.39, 0.29) is 30.1 Å². The predicted octanol–water partition coefficient (Wildman–Crippen LogP) is 3.62. The van der Waals surface area contributed by atoms with Gasteiger partial charge in [-0.05, 0) is 56.5 Å². The Balaban J connectivity index is 2.24. The van der Waals surface area contributed by atoms with Gasteiger partial charge in [0.15, 0.2) is 0 Å². The first-order valence-electron chi connectivity index (χ1n) is 9.16. The van der Waals surface area contributed by atoms with Crippen LogP contribution < -0.4 is 5.32 Å². The van der Waals surface area contributed by atoms with Crippen LogP contribution in [0.2, 0.25) is 0 Å². The third kappa shape index (κ3) is 5.91. The summed E-state index contributed by atoms with van der Waals surface area (Å²) in [5.41, 5.74) is 2.77. The van der Waals surface area contributed by atoms with Crippen molar-refractivity contribution in [3.63, 3.8) is 0 Å². The molecule has 0 unspecified atom stereocenters. The molecular formula is C22H27FN2O2. The van der Waals surface area contributed by atoms with Gasteiger partial charge in [-0.3, -0.25) is 9.59 Å². The maximum atomic E-state index is 13.1. The maximum absolute atomic E-state index is 13.1. The van der Waals surface area contributed by atoms with Gasteiger partial charge in [-0.2, -0.15) is 0 Å². The predicted molar refractivity (Wildman–Crippen MR) is 105 cm³/mol. The fourth-order valence-corrected chi connectivity index (χ4v) is 2.84. The van der Waals surface area contributed by atoms with E-state index in [1.165, 1.54) is 12.1 Å². The number of carbonyl (C=O) groups excluding carboxylic acids is 2. The van der Waals surface area contributed by atoms with Crippen molar-refractivity contribution in [2.45, 2.75) is 52.7 Å². The monoisotopic (exact) mass is 370 g/mol. The van der Waals surface area contributed by atoms with Gasteiger partial charge < -0.3 is 10.2 Å². The largest absolute Gasteiger partial charge is 0.352 e. The number of rotatable bonds is 7. The molecule has 0 spiro atoms. The zero-order valence-corrected chi connectivity index (χ0v) is 16.3. The minimum Gasteiger partial charge on any atom is -0.352 e. The molecule has 0 radical (unpaired) electrons. The van der Waals surface area contributed by atoms with Gasteiger partial charge in [0.05, 0.1) is 6.42 Å².